The number of nitrogens with zero attached hydrogens (tertiary/aromatic N) is 1. The maximum Gasteiger partial charge on any atom is 0.335 e. The molecule has 0 saturated carbocycles. The molecule has 0 atom stereocenters. The minimum atomic E-state index is -3.69. The Morgan fingerprint density at radius 2 is 2.10 bits per heavy atom. The second-order valence-corrected chi connectivity index (χ2v) is 5.91. The van der Waals surface area contributed by atoms with Crippen molar-refractivity contribution in [3.63, 3.8) is 0 Å². The van der Waals surface area contributed by atoms with Crippen LogP contribution in [0.2, 0.25) is 0 Å². The van der Waals surface area contributed by atoms with E-state index < -0.39 is 26.6 Å². The first-order valence-corrected chi connectivity index (χ1v) is 7.44. The number of anilines is 1. The van der Waals surface area contributed by atoms with Crippen molar-refractivity contribution in [3.05, 3.63) is 33.9 Å². The number of carboxylic acid groups (broad SMARTS) is 1. The molecule has 0 unspecified atom stereocenters. The van der Waals surface area contributed by atoms with Crippen LogP contribution in [0.15, 0.2) is 18.2 Å². The van der Waals surface area contributed by atoms with Gasteiger partial charge in [-0.05, 0) is 18.6 Å². The Bertz CT molecular complexity index is 626. The van der Waals surface area contributed by atoms with Crippen molar-refractivity contribution in [2.75, 3.05) is 10.5 Å². The predicted octanol–water partition coefficient (Wildman–Crippen LogP) is 1.83. The summed E-state index contributed by atoms with van der Waals surface area (Å²) in [5, 5.41) is 19.6. The fraction of sp³-hybridized carbons (Fsp3) is 0.364. The highest BCUT2D eigenvalue weighted by atomic mass is 32.2. The number of hydrogen-bond acceptors (Lipinski definition) is 5. The number of unbranched alkanes of at least 4 members (excludes halogenated alkanes) is 1. The summed E-state index contributed by atoms with van der Waals surface area (Å²) < 4.78 is 25.5. The van der Waals surface area contributed by atoms with Gasteiger partial charge in [0.15, 0.2) is 0 Å². The van der Waals surface area contributed by atoms with E-state index in [1.807, 2.05) is 6.92 Å². The van der Waals surface area contributed by atoms with Crippen LogP contribution in [0.5, 0.6) is 0 Å². The smallest absolute Gasteiger partial charge is 0.335 e. The summed E-state index contributed by atoms with van der Waals surface area (Å²) in [6.45, 7) is 1.82. The van der Waals surface area contributed by atoms with E-state index in [2.05, 4.69) is 4.72 Å². The number of carboxylic acids is 1. The van der Waals surface area contributed by atoms with Gasteiger partial charge in [-0.2, -0.15) is 0 Å². The Balaban J connectivity index is 3.12. The average Bonchev–Trinajstić information content (AvgIpc) is 2.36. The highest BCUT2D eigenvalue weighted by molar-refractivity contribution is 7.92. The van der Waals surface area contributed by atoms with Crippen LogP contribution in [-0.2, 0) is 10.0 Å². The predicted molar refractivity (Wildman–Crippen MR) is 72.4 cm³/mol. The Morgan fingerprint density at radius 1 is 1.45 bits per heavy atom. The molecule has 1 aromatic rings. The molecule has 0 bridgehead atoms. The molecule has 0 aromatic heterocycles. The highest BCUT2D eigenvalue weighted by Gasteiger charge is 2.21. The van der Waals surface area contributed by atoms with Crippen LogP contribution < -0.4 is 4.72 Å². The number of nitro benzene ring substituents is 1. The maximum absolute atomic E-state index is 11.7. The minimum absolute atomic E-state index is 0.151. The number of hydrogen-bond donors (Lipinski definition) is 2. The molecule has 0 spiro atoms. The summed E-state index contributed by atoms with van der Waals surface area (Å²) in [5.41, 5.74) is -1.12. The lowest BCUT2D eigenvalue weighted by Crippen LogP contribution is -2.17. The van der Waals surface area contributed by atoms with Crippen molar-refractivity contribution >= 4 is 27.4 Å². The summed E-state index contributed by atoms with van der Waals surface area (Å²) >= 11 is 0. The Hall–Kier alpha value is -2.16. The number of nitrogens with one attached hydrogen (secondary N) is 1. The van der Waals surface area contributed by atoms with E-state index in [9.17, 15) is 23.3 Å². The standard InChI is InChI=1S/C11H14N2O6S/c1-2-3-6-20(18,19)12-9-5-4-8(11(14)15)7-10(9)13(16)17/h4-5,7,12H,2-3,6H2,1H3,(H,14,15). The van der Waals surface area contributed by atoms with Gasteiger partial charge in [0.05, 0.1) is 16.2 Å². The molecule has 2 N–H and O–H groups in total. The van der Waals surface area contributed by atoms with Crippen LogP contribution in [0.3, 0.4) is 0 Å². The lowest BCUT2D eigenvalue weighted by Gasteiger charge is -2.08. The molecule has 0 amide bonds. The van der Waals surface area contributed by atoms with Gasteiger partial charge in [-0.15, -0.1) is 0 Å². The van der Waals surface area contributed by atoms with E-state index in [0.29, 0.717) is 12.8 Å². The molecular weight excluding hydrogens is 288 g/mol. The Labute approximate surface area is 115 Å². The van der Waals surface area contributed by atoms with Gasteiger partial charge in [0.25, 0.3) is 5.69 Å². The summed E-state index contributed by atoms with van der Waals surface area (Å²) in [6.07, 6.45) is 1.09. The normalized spacial score (nSPS) is 11.1. The lowest BCUT2D eigenvalue weighted by molar-refractivity contribution is -0.383. The largest absolute Gasteiger partial charge is 0.478 e. The second kappa shape index (κ2) is 6.33. The van der Waals surface area contributed by atoms with Crippen LogP contribution in [0, 0.1) is 10.1 Å². The van der Waals surface area contributed by atoms with Crippen LogP contribution in [0.4, 0.5) is 11.4 Å². The number of rotatable bonds is 7. The number of sulfonamides is 1. The second-order valence-electron chi connectivity index (χ2n) is 4.07. The van der Waals surface area contributed by atoms with E-state index in [1.165, 1.54) is 0 Å². The first-order valence-electron chi connectivity index (χ1n) is 5.79. The lowest BCUT2D eigenvalue weighted by atomic mass is 10.2. The summed E-state index contributed by atoms with van der Waals surface area (Å²) in [7, 11) is -3.69. The molecule has 1 aromatic carbocycles. The third-order valence-corrected chi connectivity index (χ3v) is 3.83. The summed E-state index contributed by atoms with van der Waals surface area (Å²) in [5.74, 6) is -1.48. The van der Waals surface area contributed by atoms with E-state index in [0.717, 1.165) is 18.2 Å². The van der Waals surface area contributed by atoms with Gasteiger partial charge in [0, 0.05) is 6.07 Å². The van der Waals surface area contributed by atoms with Gasteiger partial charge in [-0.25, -0.2) is 13.2 Å². The molecule has 1 rings (SSSR count). The SMILES string of the molecule is CCCCS(=O)(=O)Nc1ccc(C(=O)O)cc1[N+](=O)[O-]. The van der Waals surface area contributed by atoms with E-state index in [4.69, 9.17) is 5.11 Å². The topological polar surface area (TPSA) is 127 Å². The zero-order chi connectivity index (χ0) is 15.3. The number of carbonyl (C=O) groups is 1. The zero-order valence-corrected chi connectivity index (χ0v) is 11.5. The fourth-order valence-electron chi connectivity index (χ4n) is 1.45. The van der Waals surface area contributed by atoms with Gasteiger partial charge >= 0.3 is 5.97 Å². The molecule has 0 aliphatic heterocycles. The first-order chi connectivity index (χ1) is 9.26. The van der Waals surface area contributed by atoms with E-state index >= 15 is 0 Å². The van der Waals surface area contributed by atoms with Crippen LogP contribution in [0.25, 0.3) is 0 Å². The van der Waals surface area contributed by atoms with Crippen molar-refractivity contribution < 1.29 is 23.2 Å². The quantitative estimate of drug-likeness (QED) is 0.584. The third-order valence-electron chi connectivity index (χ3n) is 2.47. The Kier molecular flexibility index (Phi) is 5.03. The first kappa shape index (κ1) is 15.9. The molecular formula is C11H14N2O6S. The van der Waals surface area contributed by atoms with Gasteiger partial charge in [-0.3, -0.25) is 14.8 Å². The van der Waals surface area contributed by atoms with Crippen molar-refractivity contribution in [2.45, 2.75) is 19.8 Å². The van der Waals surface area contributed by atoms with Crippen molar-refractivity contribution in [3.8, 4) is 0 Å². The van der Waals surface area contributed by atoms with Crippen molar-refractivity contribution in [1.29, 1.82) is 0 Å². The van der Waals surface area contributed by atoms with Gasteiger partial charge in [0.1, 0.15) is 5.69 Å². The van der Waals surface area contributed by atoms with E-state index in [1.54, 1.807) is 0 Å². The molecule has 0 heterocycles. The number of benzene rings is 1. The van der Waals surface area contributed by atoms with E-state index in [-0.39, 0.29) is 17.0 Å². The van der Waals surface area contributed by atoms with Gasteiger partial charge < -0.3 is 5.11 Å². The molecule has 9 heteroatoms. The van der Waals surface area contributed by atoms with Crippen LogP contribution in [0.1, 0.15) is 30.1 Å². The fourth-order valence-corrected chi connectivity index (χ4v) is 2.73. The van der Waals surface area contributed by atoms with Crippen LogP contribution in [-0.4, -0.2) is 30.2 Å². The summed E-state index contributed by atoms with van der Waals surface area (Å²) in [6, 6.07) is 3.00. The van der Waals surface area contributed by atoms with Crippen molar-refractivity contribution in [1.82, 2.24) is 0 Å². The Morgan fingerprint density at radius 3 is 2.60 bits per heavy atom. The molecule has 8 nitrogen and oxygen atoms in total. The molecule has 0 aliphatic rings. The summed E-state index contributed by atoms with van der Waals surface area (Å²) in [4.78, 5) is 20.8. The molecule has 0 saturated heterocycles. The zero-order valence-electron chi connectivity index (χ0n) is 10.7. The molecule has 20 heavy (non-hydrogen) atoms. The molecule has 0 aliphatic carbocycles. The van der Waals surface area contributed by atoms with Gasteiger partial charge in [0.2, 0.25) is 10.0 Å². The number of nitro groups is 1. The van der Waals surface area contributed by atoms with Crippen molar-refractivity contribution in [2.24, 2.45) is 0 Å². The molecule has 0 radical (unpaired) electrons. The minimum Gasteiger partial charge on any atom is -0.478 e. The molecule has 110 valence electrons. The monoisotopic (exact) mass is 302 g/mol. The highest BCUT2D eigenvalue weighted by Crippen LogP contribution is 2.26. The third kappa shape index (κ3) is 4.19. The number of aromatic carboxylic acids is 1. The maximum atomic E-state index is 11.7. The van der Waals surface area contributed by atoms with Gasteiger partial charge in [-0.1, -0.05) is 13.3 Å². The average molecular weight is 302 g/mol. The van der Waals surface area contributed by atoms with Crippen LogP contribution >= 0.6 is 0 Å². The molecule has 0 fully saturated rings.